The summed E-state index contributed by atoms with van der Waals surface area (Å²) < 4.78 is 13.4. The molecule has 3 rings (SSSR count). The fourth-order valence-corrected chi connectivity index (χ4v) is 2.29. The molecule has 4 heteroatoms. The van der Waals surface area contributed by atoms with Crippen LogP contribution in [0.4, 0.5) is 4.39 Å². The molecule has 0 saturated heterocycles. The summed E-state index contributed by atoms with van der Waals surface area (Å²) in [4.78, 5) is 20.7. The predicted molar refractivity (Wildman–Crippen MR) is 78.7 cm³/mol. The Bertz CT molecular complexity index is 830. The number of carbonyl (C=O) groups excluding carboxylic acids is 1. The van der Waals surface area contributed by atoms with Crippen LogP contribution in [0.1, 0.15) is 21.7 Å². The molecule has 0 aliphatic heterocycles. The van der Waals surface area contributed by atoms with E-state index in [2.05, 4.69) is 9.97 Å². The van der Waals surface area contributed by atoms with Crippen LogP contribution in [0.3, 0.4) is 0 Å². The van der Waals surface area contributed by atoms with Gasteiger partial charge in [-0.3, -0.25) is 14.8 Å². The van der Waals surface area contributed by atoms with Gasteiger partial charge in [-0.25, -0.2) is 4.39 Å². The van der Waals surface area contributed by atoms with Crippen molar-refractivity contribution >= 4 is 16.7 Å². The molecule has 104 valence electrons. The summed E-state index contributed by atoms with van der Waals surface area (Å²) >= 11 is 0. The van der Waals surface area contributed by atoms with Gasteiger partial charge in [0.2, 0.25) is 0 Å². The number of Topliss-reactive ketones (excluding diaryl/α,β-unsaturated/α-hetero) is 1. The van der Waals surface area contributed by atoms with E-state index in [1.165, 1.54) is 12.1 Å². The molecule has 3 aromatic rings. The van der Waals surface area contributed by atoms with Crippen LogP contribution in [0.5, 0.6) is 0 Å². The zero-order valence-corrected chi connectivity index (χ0v) is 11.5. The number of aromatic nitrogens is 2. The lowest BCUT2D eigenvalue weighted by Gasteiger charge is -2.06. The van der Waals surface area contributed by atoms with Crippen molar-refractivity contribution in [2.45, 2.75) is 13.3 Å². The second kappa shape index (κ2) is 5.40. The van der Waals surface area contributed by atoms with Crippen LogP contribution in [0.25, 0.3) is 10.9 Å². The lowest BCUT2D eigenvalue weighted by Crippen LogP contribution is -2.07. The standard InChI is InChI=1S/C17H13FN2O/c1-11-3-2-4-16(20-11)17(21)9-12-7-8-19-15-6-5-13(18)10-14(12)15/h2-8,10H,9H2,1H3. The minimum absolute atomic E-state index is 0.0875. The van der Waals surface area contributed by atoms with E-state index in [1.54, 1.807) is 30.5 Å². The van der Waals surface area contributed by atoms with Crippen molar-refractivity contribution in [1.82, 2.24) is 9.97 Å². The van der Waals surface area contributed by atoms with Crippen LogP contribution < -0.4 is 0 Å². The van der Waals surface area contributed by atoms with Gasteiger partial charge in [0.05, 0.1) is 5.52 Å². The number of hydrogen-bond acceptors (Lipinski definition) is 3. The lowest BCUT2D eigenvalue weighted by atomic mass is 10.0. The molecule has 2 heterocycles. The highest BCUT2D eigenvalue weighted by molar-refractivity contribution is 5.98. The second-order valence-electron chi connectivity index (χ2n) is 4.90. The molecule has 21 heavy (non-hydrogen) atoms. The Labute approximate surface area is 121 Å². The molecule has 0 aliphatic carbocycles. The molecule has 0 atom stereocenters. The first-order valence-corrected chi connectivity index (χ1v) is 6.63. The third-order valence-corrected chi connectivity index (χ3v) is 3.32. The number of hydrogen-bond donors (Lipinski definition) is 0. The summed E-state index contributed by atoms with van der Waals surface area (Å²) in [7, 11) is 0. The van der Waals surface area contributed by atoms with Crippen molar-refractivity contribution in [3.63, 3.8) is 0 Å². The first kappa shape index (κ1) is 13.4. The minimum atomic E-state index is -0.335. The fraction of sp³-hybridized carbons (Fsp3) is 0.118. The number of carbonyl (C=O) groups is 1. The molecule has 0 spiro atoms. The van der Waals surface area contributed by atoms with Gasteiger partial charge < -0.3 is 0 Å². The predicted octanol–water partition coefficient (Wildman–Crippen LogP) is 3.50. The van der Waals surface area contributed by atoms with E-state index in [9.17, 15) is 9.18 Å². The first-order valence-electron chi connectivity index (χ1n) is 6.63. The third kappa shape index (κ3) is 2.79. The van der Waals surface area contributed by atoms with E-state index in [0.29, 0.717) is 16.6 Å². The van der Waals surface area contributed by atoms with Crippen LogP contribution in [0, 0.1) is 12.7 Å². The highest BCUT2D eigenvalue weighted by Gasteiger charge is 2.11. The smallest absolute Gasteiger partial charge is 0.185 e. The molecule has 2 aromatic heterocycles. The Hall–Kier alpha value is -2.62. The molecular weight excluding hydrogens is 267 g/mol. The summed E-state index contributed by atoms with van der Waals surface area (Å²) in [5, 5.41) is 0.665. The van der Waals surface area contributed by atoms with Gasteiger partial charge in [-0.1, -0.05) is 6.07 Å². The number of aryl methyl sites for hydroxylation is 1. The van der Waals surface area contributed by atoms with Crippen LogP contribution >= 0.6 is 0 Å². The van der Waals surface area contributed by atoms with E-state index in [4.69, 9.17) is 0 Å². The first-order chi connectivity index (χ1) is 10.1. The molecule has 0 fully saturated rings. The van der Waals surface area contributed by atoms with Crippen LogP contribution in [-0.4, -0.2) is 15.8 Å². The average Bonchev–Trinajstić information content (AvgIpc) is 2.48. The Morgan fingerprint density at radius 3 is 2.86 bits per heavy atom. The molecule has 0 saturated carbocycles. The van der Waals surface area contributed by atoms with Crippen LogP contribution in [0.15, 0.2) is 48.7 Å². The van der Waals surface area contributed by atoms with Crippen LogP contribution in [-0.2, 0) is 6.42 Å². The average molecular weight is 280 g/mol. The van der Waals surface area contributed by atoms with Gasteiger partial charge in [0.25, 0.3) is 0 Å². The van der Waals surface area contributed by atoms with Crippen molar-refractivity contribution in [2.75, 3.05) is 0 Å². The summed E-state index contributed by atoms with van der Waals surface area (Å²) in [5.74, 6) is -0.423. The minimum Gasteiger partial charge on any atom is -0.292 e. The van der Waals surface area contributed by atoms with Gasteiger partial charge >= 0.3 is 0 Å². The number of fused-ring (bicyclic) bond motifs is 1. The molecule has 0 radical (unpaired) electrons. The summed E-state index contributed by atoms with van der Waals surface area (Å²) in [6.07, 6.45) is 1.81. The number of nitrogens with zero attached hydrogens (tertiary/aromatic N) is 2. The van der Waals surface area contributed by atoms with Gasteiger partial charge in [-0.05, 0) is 48.9 Å². The summed E-state index contributed by atoms with van der Waals surface area (Å²) in [6, 6.07) is 11.5. The van der Waals surface area contributed by atoms with Gasteiger partial charge in [0.15, 0.2) is 5.78 Å². The fourth-order valence-electron chi connectivity index (χ4n) is 2.29. The molecule has 0 amide bonds. The summed E-state index contributed by atoms with van der Waals surface area (Å²) in [5.41, 5.74) is 2.66. The molecule has 0 N–H and O–H groups in total. The maximum absolute atomic E-state index is 13.4. The zero-order chi connectivity index (χ0) is 14.8. The topological polar surface area (TPSA) is 42.9 Å². The molecule has 0 bridgehead atoms. The van der Waals surface area contributed by atoms with E-state index < -0.39 is 0 Å². The van der Waals surface area contributed by atoms with E-state index in [0.717, 1.165) is 11.3 Å². The highest BCUT2D eigenvalue weighted by atomic mass is 19.1. The Morgan fingerprint density at radius 1 is 1.19 bits per heavy atom. The SMILES string of the molecule is Cc1cccc(C(=O)Cc2ccnc3ccc(F)cc23)n1. The molecular formula is C17H13FN2O. The number of rotatable bonds is 3. The second-order valence-corrected chi connectivity index (χ2v) is 4.90. The third-order valence-electron chi connectivity index (χ3n) is 3.32. The van der Waals surface area contributed by atoms with Crippen molar-refractivity contribution in [3.8, 4) is 0 Å². The van der Waals surface area contributed by atoms with Gasteiger partial charge in [0.1, 0.15) is 11.5 Å². The lowest BCUT2D eigenvalue weighted by molar-refractivity contribution is 0.0988. The molecule has 1 aromatic carbocycles. The highest BCUT2D eigenvalue weighted by Crippen LogP contribution is 2.19. The van der Waals surface area contributed by atoms with Crippen molar-refractivity contribution in [2.24, 2.45) is 0 Å². The van der Waals surface area contributed by atoms with Crippen molar-refractivity contribution < 1.29 is 9.18 Å². The quantitative estimate of drug-likeness (QED) is 0.690. The van der Waals surface area contributed by atoms with Gasteiger partial charge in [-0.2, -0.15) is 0 Å². The van der Waals surface area contributed by atoms with E-state index in [1.807, 2.05) is 13.0 Å². The Kier molecular flexibility index (Phi) is 3.44. The molecule has 0 unspecified atom stereocenters. The molecule has 0 aliphatic rings. The van der Waals surface area contributed by atoms with Gasteiger partial charge in [-0.15, -0.1) is 0 Å². The van der Waals surface area contributed by atoms with E-state index >= 15 is 0 Å². The summed E-state index contributed by atoms with van der Waals surface area (Å²) in [6.45, 7) is 1.84. The Balaban J connectivity index is 1.98. The maximum Gasteiger partial charge on any atom is 0.185 e. The largest absolute Gasteiger partial charge is 0.292 e. The number of halogens is 1. The van der Waals surface area contributed by atoms with Crippen molar-refractivity contribution in [1.29, 1.82) is 0 Å². The van der Waals surface area contributed by atoms with E-state index in [-0.39, 0.29) is 18.0 Å². The molecule has 3 nitrogen and oxygen atoms in total. The number of benzene rings is 1. The number of ketones is 1. The maximum atomic E-state index is 13.4. The number of pyridine rings is 2. The monoisotopic (exact) mass is 280 g/mol. The van der Waals surface area contributed by atoms with Gasteiger partial charge in [0, 0.05) is 23.7 Å². The zero-order valence-electron chi connectivity index (χ0n) is 11.5. The van der Waals surface area contributed by atoms with Crippen LogP contribution in [0.2, 0.25) is 0 Å². The van der Waals surface area contributed by atoms with Crippen molar-refractivity contribution in [3.05, 3.63) is 71.4 Å². The normalized spacial score (nSPS) is 10.8. The Morgan fingerprint density at radius 2 is 2.05 bits per heavy atom.